The van der Waals surface area contributed by atoms with E-state index in [0.717, 1.165) is 5.56 Å². The summed E-state index contributed by atoms with van der Waals surface area (Å²) in [5, 5.41) is 40.7. The van der Waals surface area contributed by atoms with Gasteiger partial charge in [0.25, 0.3) is 11.8 Å². The summed E-state index contributed by atoms with van der Waals surface area (Å²) in [5.41, 5.74) is 5.77. The number of likely N-dealkylation sites (N-methyl/N-ethyl adjacent to an activating group) is 2. The lowest BCUT2D eigenvalue weighted by atomic mass is 10.1. The number of amides is 7. The molecule has 21 nitrogen and oxygen atoms in total. The molecule has 10 N–H and O–H groups in total. The summed E-state index contributed by atoms with van der Waals surface area (Å²) >= 11 is 0. The highest BCUT2D eigenvalue weighted by Crippen LogP contribution is 2.16. The molecule has 7 amide bonds. The number of carbonyl (C=O) groups excluding carboxylic acids is 7. The van der Waals surface area contributed by atoms with Crippen molar-refractivity contribution in [3.8, 4) is 0 Å². The summed E-state index contributed by atoms with van der Waals surface area (Å²) in [6.45, 7) is 12.8. The van der Waals surface area contributed by atoms with Crippen LogP contribution >= 0.6 is 12.4 Å². The van der Waals surface area contributed by atoms with Gasteiger partial charge in [-0.1, -0.05) is 87.4 Å². The zero-order chi connectivity index (χ0) is 51.7. The van der Waals surface area contributed by atoms with E-state index in [-0.39, 0.29) is 24.2 Å². The van der Waals surface area contributed by atoms with Gasteiger partial charge in [-0.15, -0.1) is 12.4 Å². The molecule has 0 saturated carbocycles. The average molecular weight is 984 g/mol. The number of rotatable bonds is 19. The summed E-state index contributed by atoms with van der Waals surface area (Å²) in [5.74, 6) is -3.91. The number of hydrogen-bond acceptors (Lipinski definition) is 13. The van der Waals surface area contributed by atoms with E-state index >= 15 is 0 Å². The molecule has 4 unspecified atom stereocenters. The van der Waals surface area contributed by atoms with E-state index in [9.17, 15) is 48.6 Å². The highest BCUT2D eigenvalue weighted by atomic mass is 35.5. The third kappa shape index (κ3) is 26.9. The van der Waals surface area contributed by atoms with Crippen LogP contribution in [0.2, 0.25) is 0 Å². The Balaban J connectivity index is 0. The topological polar surface area (TPSA) is 308 Å². The molecule has 0 bridgehead atoms. The minimum absolute atomic E-state index is 0. The number of aliphatic carboxylic acids is 1. The predicted molar refractivity (Wildman–Crippen MR) is 257 cm³/mol. The Morgan fingerprint density at radius 1 is 0.603 bits per heavy atom. The predicted octanol–water partition coefficient (Wildman–Crippen LogP) is 2.54. The molecule has 0 saturated heterocycles. The smallest absolute Gasteiger partial charge is 0.407 e. The molecule has 384 valence electrons. The van der Waals surface area contributed by atoms with Crippen molar-refractivity contribution in [2.45, 2.75) is 129 Å². The zero-order valence-electron chi connectivity index (χ0n) is 41.3. The Labute approximate surface area is 406 Å². The molecule has 2 aromatic carbocycles. The van der Waals surface area contributed by atoms with Crippen LogP contribution in [-0.2, 0) is 38.2 Å². The van der Waals surface area contributed by atoms with E-state index < -0.39 is 96.5 Å². The molecule has 0 aliphatic carbocycles. The van der Waals surface area contributed by atoms with Crippen molar-refractivity contribution in [1.29, 1.82) is 0 Å². The van der Waals surface area contributed by atoms with Crippen LogP contribution in [-0.4, -0.2) is 150 Å². The maximum atomic E-state index is 12.5. The van der Waals surface area contributed by atoms with E-state index in [0.29, 0.717) is 31.2 Å². The first-order chi connectivity index (χ1) is 31.0. The first kappa shape index (κ1) is 64.1. The number of carbonyl (C=O) groups is 8. The van der Waals surface area contributed by atoms with Gasteiger partial charge in [-0.2, -0.15) is 0 Å². The highest BCUT2D eigenvalue weighted by Gasteiger charge is 2.31. The summed E-state index contributed by atoms with van der Waals surface area (Å²) in [7, 11) is 6.55. The largest absolute Gasteiger partial charge is 0.480 e. The summed E-state index contributed by atoms with van der Waals surface area (Å²) in [6.07, 6.45) is -2.74. The maximum Gasteiger partial charge on any atom is 0.407 e. The fourth-order valence-electron chi connectivity index (χ4n) is 5.55. The lowest BCUT2D eigenvalue weighted by Crippen LogP contribution is -2.53. The maximum absolute atomic E-state index is 12.5. The first-order valence-corrected chi connectivity index (χ1v) is 21.7. The van der Waals surface area contributed by atoms with E-state index in [2.05, 4.69) is 26.6 Å². The Bertz CT molecular complexity index is 1880. The van der Waals surface area contributed by atoms with Crippen LogP contribution in [0.4, 0.5) is 9.59 Å². The molecule has 68 heavy (non-hydrogen) atoms. The van der Waals surface area contributed by atoms with Gasteiger partial charge in [0.1, 0.15) is 29.8 Å². The van der Waals surface area contributed by atoms with Gasteiger partial charge in [0.15, 0.2) is 12.2 Å². The number of carboxylic acid groups (broad SMARTS) is 1. The molecular weight excluding hydrogens is 908 g/mol. The lowest BCUT2D eigenvalue weighted by molar-refractivity contribution is -0.140. The van der Waals surface area contributed by atoms with Crippen molar-refractivity contribution in [3.05, 3.63) is 71.8 Å². The van der Waals surface area contributed by atoms with Gasteiger partial charge < -0.3 is 66.9 Å². The van der Waals surface area contributed by atoms with E-state index in [1.165, 1.54) is 9.80 Å². The van der Waals surface area contributed by atoms with Crippen molar-refractivity contribution in [3.63, 3.8) is 0 Å². The quantitative estimate of drug-likeness (QED) is 0.0978. The second-order valence-corrected chi connectivity index (χ2v) is 17.6. The zero-order valence-corrected chi connectivity index (χ0v) is 42.1. The number of ether oxygens (including phenoxy) is 2. The molecule has 2 rings (SSSR count). The van der Waals surface area contributed by atoms with Crippen LogP contribution in [0.5, 0.6) is 0 Å². The Hall–Kier alpha value is -6.03. The Kier molecular flexibility index (Phi) is 30.0. The minimum Gasteiger partial charge on any atom is -0.480 e. The number of aliphatic hydroxyl groups is 2. The standard InChI is InChI=1S/C23H36N4O6.C13H24N2O6.C10H14N2O.ClH/c1-7-11-16(25-22(32)33-23(2,3)4)19(29)20(30)24-14-17(28)26-18(21(31)27(5)6)15-12-9-8-10-13-15;1-5-6-8(15-12(20)21-13(2,3)4)10(18)11(19)14-7-9(16)17;1-12(2)10(13)9(11)8-6-4-3-5-7-8;/h8-10,12-13,16,18-19,29H,7,11,14H2,1-6H3,(H,24,30)(H,25,32)(H,26,28);8,10,18H,5-7H2,1-4H3,(H,14,19)(H,15,20)(H,16,17);3-7,9H,11H2,1-2H3;1H/t16?,18-,19?;;9-;/m0.0./s1. The van der Waals surface area contributed by atoms with Gasteiger partial charge >= 0.3 is 18.2 Å². The van der Waals surface area contributed by atoms with Crippen molar-refractivity contribution in [2.75, 3.05) is 41.3 Å². The fourth-order valence-corrected chi connectivity index (χ4v) is 5.55. The molecule has 2 aromatic rings. The second-order valence-electron chi connectivity index (χ2n) is 17.6. The number of aliphatic hydroxyl groups excluding tert-OH is 2. The molecule has 0 fully saturated rings. The SMILES string of the molecule is CCCC(NC(=O)OC(C)(C)C)C(O)C(=O)NCC(=O)N[C@H](C(=O)N(C)C)c1ccccc1.CCCC(NC(=O)OC(C)(C)C)C(O)C(=O)NCC(=O)O.CN(C)C(=O)[C@@H](N)c1ccccc1.Cl. The van der Waals surface area contributed by atoms with E-state index in [1.807, 2.05) is 44.2 Å². The normalized spacial score (nSPS) is 13.3. The van der Waals surface area contributed by atoms with Gasteiger partial charge in [-0.25, -0.2) is 9.59 Å². The fraction of sp³-hybridized carbons (Fsp3) is 0.565. The van der Waals surface area contributed by atoms with Crippen LogP contribution in [0.15, 0.2) is 60.7 Å². The average Bonchev–Trinajstić information content (AvgIpc) is 3.24. The number of halogens is 1. The van der Waals surface area contributed by atoms with Crippen LogP contribution in [0.1, 0.15) is 104 Å². The monoisotopic (exact) mass is 983 g/mol. The van der Waals surface area contributed by atoms with Crippen LogP contribution in [0.25, 0.3) is 0 Å². The molecular formula is C46H75ClN8O13. The third-order valence-corrected chi connectivity index (χ3v) is 8.73. The number of benzene rings is 2. The molecule has 22 heteroatoms. The van der Waals surface area contributed by atoms with E-state index in [1.54, 1.807) is 100 Å². The number of carboxylic acids is 1. The lowest BCUT2D eigenvalue weighted by Gasteiger charge is -2.26. The Morgan fingerprint density at radius 3 is 1.31 bits per heavy atom. The van der Waals surface area contributed by atoms with Crippen molar-refractivity contribution >= 4 is 60.1 Å². The number of alkyl carbamates (subject to hydrolysis) is 2. The van der Waals surface area contributed by atoms with E-state index in [4.69, 9.17) is 20.3 Å². The summed E-state index contributed by atoms with van der Waals surface area (Å²) in [4.78, 5) is 97.4. The third-order valence-electron chi connectivity index (χ3n) is 8.73. The molecule has 0 radical (unpaired) electrons. The van der Waals surface area contributed by atoms with Crippen LogP contribution in [0, 0.1) is 0 Å². The number of nitrogens with zero attached hydrogens (tertiary/aromatic N) is 2. The minimum atomic E-state index is -1.58. The molecule has 0 aromatic heterocycles. The number of hydrogen-bond donors (Lipinski definition) is 9. The van der Waals surface area contributed by atoms with Crippen molar-refractivity contribution < 1.29 is 63.1 Å². The van der Waals surface area contributed by atoms with Gasteiger partial charge in [0.2, 0.25) is 17.7 Å². The van der Waals surface area contributed by atoms with Crippen LogP contribution in [0.3, 0.4) is 0 Å². The molecule has 0 spiro atoms. The van der Waals surface area contributed by atoms with Gasteiger partial charge in [-0.05, 0) is 65.5 Å². The summed E-state index contributed by atoms with van der Waals surface area (Å²) < 4.78 is 10.2. The van der Waals surface area contributed by atoms with Gasteiger partial charge in [0.05, 0.1) is 18.6 Å². The molecule has 0 heterocycles. The number of nitrogens with two attached hydrogens (primary N) is 1. The summed E-state index contributed by atoms with van der Waals surface area (Å²) in [6, 6.07) is 14.9. The Morgan fingerprint density at radius 2 is 0.971 bits per heavy atom. The molecule has 0 aliphatic rings. The number of nitrogens with one attached hydrogen (secondary N) is 5. The second kappa shape index (κ2) is 31.9. The molecule has 6 atom stereocenters. The van der Waals surface area contributed by atoms with Gasteiger partial charge in [0, 0.05) is 28.2 Å². The van der Waals surface area contributed by atoms with Crippen LogP contribution < -0.4 is 32.3 Å². The van der Waals surface area contributed by atoms with Crippen molar-refractivity contribution in [2.24, 2.45) is 5.73 Å². The first-order valence-electron chi connectivity index (χ1n) is 21.7. The van der Waals surface area contributed by atoms with Gasteiger partial charge in [-0.3, -0.25) is 28.8 Å². The molecule has 0 aliphatic heterocycles. The highest BCUT2D eigenvalue weighted by molar-refractivity contribution is 5.91. The van der Waals surface area contributed by atoms with Crippen molar-refractivity contribution in [1.82, 2.24) is 36.4 Å².